The van der Waals surface area contributed by atoms with Gasteiger partial charge in [0.15, 0.2) is 0 Å². The van der Waals surface area contributed by atoms with Crippen molar-refractivity contribution < 1.29 is 9.84 Å². The van der Waals surface area contributed by atoms with Gasteiger partial charge in [-0.15, -0.1) is 0 Å². The fourth-order valence-electron chi connectivity index (χ4n) is 3.06. The van der Waals surface area contributed by atoms with Crippen molar-refractivity contribution in [2.45, 2.75) is 32.3 Å². The summed E-state index contributed by atoms with van der Waals surface area (Å²) in [4.78, 5) is 0. The lowest BCUT2D eigenvalue weighted by Crippen LogP contribution is -2.22. The Bertz CT molecular complexity index is 792. The third-order valence-corrected chi connectivity index (χ3v) is 4.95. The number of phenolic OH excluding ortho intramolecular Hbond substituents is 1. The monoisotopic (exact) mass is 332 g/mol. The summed E-state index contributed by atoms with van der Waals surface area (Å²) in [6.45, 7) is 5.00. The van der Waals surface area contributed by atoms with Crippen molar-refractivity contribution in [3.8, 4) is 11.5 Å². The predicted octanol–water partition coefficient (Wildman–Crippen LogP) is 5.69. The van der Waals surface area contributed by atoms with Crippen LogP contribution in [0.3, 0.4) is 0 Å². The second kappa shape index (κ2) is 7.43. The number of hydrogen-bond donors (Lipinski definition) is 1. The summed E-state index contributed by atoms with van der Waals surface area (Å²) in [5.74, 6) is 1.17. The fourth-order valence-corrected chi connectivity index (χ4v) is 3.06. The molecule has 0 aromatic heterocycles. The first-order valence-electron chi connectivity index (χ1n) is 8.68. The molecule has 0 bridgehead atoms. The average molecular weight is 332 g/mol. The summed E-state index contributed by atoms with van der Waals surface area (Å²) in [6, 6.07) is 26.0. The van der Waals surface area contributed by atoms with Gasteiger partial charge in [-0.25, -0.2) is 0 Å². The zero-order chi connectivity index (χ0) is 17.7. The lowest BCUT2D eigenvalue weighted by atomic mass is 9.74. The molecule has 128 valence electrons. The smallest absolute Gasteiger partial charge is 0.119 e. The quantitative estimate of drug-likeness (QED) is 0.628. The predicted molar refractivity (Wildman–Crippen MR) is 102 cm³/mol. The van der Waals surface area contributed by atoms with Crippen LogP contribution in [-0.4, -0.2) is 5.11 Å². The van der Waals surface area contributed by atoms with Crippen LogP contribution in [0.15, 0.2) is 78.9 Å². The van der Waals surface area contributed by atoms with Gasteiger partial charge in [-0.2, -0.15) is 0 Å². The van der Waals surface area contributed by atoms with E-state index in [0.29, 0.717) is 12.4 Å². The minimum atomic E-state index is -0.0916. The topological polar surface area (TPSA) is 29.5 Å². The Kier molecular flexibility index (Phi) is 5.08. The maximum Gasteiger partial charge on any atom is 0.119 e. The maximum absolute atomic E-state index is 9.54. The Morgan fingerprint density at radius 1 is 0.800 bits per heavy atom. The maximum atomic E-state index is 9.54. The summed E-state index contributed by atoms with van der Waals surface area (Å²) in [6.07, 6.45) is 0.974. The normalized spacial score (nSPS) is 13.2. The standard InChI is InChI=1S/C23H24O2/c1-3-23(2,19-9-13-21(24)14-10-19)20-11-15-22(16-12-20)25-17-18-7-5-4-6-8-18/h4-16,24H,3,17H2,1-2H3. The van der Waals surface area contributed by atoms with Crippen molar-refractivity contribution in [1.82, 2.24) is 0 Å². The molecule has 0 amide bonds. The van der Waals surface area contributed by atoms with E-state index in [4.69, 9.17) is 4.74 Å². The summed E-state index contributed by atoms with van der Waals surface area (Å²) in [5, 5.41) is 9.54. The van der Waals surface area contributed by atoms with Crippen LogP contribution in [0.2, 0.25) is 0 Å². The molecule has 0 spiro atoms. The molecule has 3 aromatic carbocycles. The molecule has 0 aliphatic heterocycles. The lowest BCUT2D eigenvalue weighted by Gasteiger charge is -2.30. The highest BCUT2D eigenvalue weighted by atomic mass is 16.5. The summed E-state index contributed by atoms with van der Waals surface area (Å²) in [7, 11) is 0. The summed E-state index contributed by atoms with van der Waals surface area (Å²) >= 11 is 0. The Morgan fingerprint density at radius 3 is 1.92 bits per heavy atom. The van der Waals surface area contributed by atoms with Crippen molar-refractivity contribution in [2.24, 2.45) is 0 Å². The molecule has 0 fully saturated rings. The minimum absolute atomic E-state index is 0.0916. The Labute approximate surface area is 149 Å². The van der Waals surface area contributed by atoms with Gasteiger partial charge in [-0.3, -0.25) is 0 Å². The van der Waals surface area contributed by atoms with Crippen molar-refractivity contribution >= 4 is 0 Å². The molecular weight excluding hydrogens is 308 g/mol. The van der Waals surface area contributed by atoms with Gasteiger partial charge < -0.3 is 9.84 Å². The van der Waals surface area contributed by atoms with Crippen LogP contribution in [0.4, 0.5) is 0 Å². The molecule has 1 atom stereocenters. The second-order valence-corrected chi connectivity index (χ2v) is 6.53. The number of phenols is 1. The van der Waals surface area contributed by atoms with Crippen molar-refractivity contribution in [3.05, 3.63) is 95.6 Å². The van der Waals surface area contributed by atoms with Gasteiger partial charge in [-0.05, 0) is 47.4 Å². The first-order valence-corrected chi connectivity index (χ1v) is 8.68. The average Bonchev–Trinajstić information content (AvgIpc) is 2.67. The van der Waals surface area contributed by atoms with E-state index < -0.39 is 0 Å². The molecule has 1 unspecified atom stereocenters. The van der Waals surface area contributed by atoms with E-state index in [1.165, 1.54) is 11.1 Å². The zero-order valence-electron chi connectivity index (χ0n) is 14.8. The molecular formula is C23H24O2. The van der Waals surface area contributed by atoms with Crippen LogP contribution in [0.5, 0.6) is 11.5 Å². The molecule has 2 heteroatoms. The van der Waals surface area contributed by atoms with E-state index in [-0.39, 0.29) is 5.41 Å². The van der Waals surface area contributed by atoms with Crippen LogP contribution in [-0.2, 0) is 12.0 Å². The number of hydrogen-bond acceptors (Lipinski definition) is 2. The van der Waals surface area contributed by atoms with E-state index >= 15 is 0 Å². The molecule has 1 N–H and O–H groups in total. The summed E-state index contributed by atoms with van der Waals surface area (Å²) in [5.41, 5.74) is 3.51. The Morgan fingerprint density at radius 2 is 1.36 bits per heavy atom. The minimum Gasteiger partial charge on any atom is -0.508 e. The molecule has 0 heterocycles. The molecule has 0 saturated heterocycles. The van der Waals surface area contributed by atoms with E-state index in [1.807, 2.05) is 42.5 Å². The number of benzene rings is 3. The SMILES string of the molecule is CCC(C)(c1ccc(O)cc1)c1ccc(OCc2ccccc2)cc1. The number of rotatable bonds is 6. The lowest BCUT2D eigenvalue weighted by molar-refractivity contribution is 0.306. The zero-order valence-corrected chi connectivity index (χ0v) is 14.8. The highest BCUT2D eigenvalue weighted by Crippen LogP contribution is 2.36. The van der Waals surface area contributed by atoms with Crippen LogP contribution >= 0.6 is 0 Å². The third-order valence-electron chi connectivity index (χ3n) is 4.95. The number of aromatic hydroxyl groups is 1. The van der Waals surface area contributed by atoms with E-state index in [0.717, 1.165) is 17.7 Å². The van der Waals surface area contributed by atoms with Crippen LogP contribution in [0, 0.1) is 0 Å². The Balaban J connectivity index is 1.76. The Hall–Kier alpha value is -2.74. The first-order chi connectivity index (χ1) is 12.1. The van der Waals surface area contributed by atoms with Crippen LogP contribution in [0.1, 0.15) is 37.0 Å². The van der Waals surface area contributed by atoms with Gasteiger partial charge in [0.25, 0.3) is 0 Å². The van der Waals surface area contributed by atoms with Crippen molar-refractivity contribution in [3.63, 3.8) is 0 Å². The molecule has 0 radical (unpaired) electrons. The first kappa shape index (κ1) is 17.1. The van der Waals surface area contributed by atoms with Gasteiger partial charge in [0.1, 0.15) is 18.1 Å². The van der Waals surface area contributed by atoms with Gasteiger partial charge in [-0.1, -0.05) is 68.4 Å². The van der Waals surface area contributed by atoms with Gasteiger partial charge in [0.2, 0.25) is 0 Å². The molecule has 0 saturated carbocycles. The molecule has 3 aromatic rings. The van der Waals surface area contributed by atoms with Crippen LogP contribution in [0.25, 0.3) is 0 Å². The summed E-state index contributed by atoms with van der Waals surface area (Å²) < 4.78 is 5.88. The van der Waals surface area contributed by atoms with E-state index in [1.54, 1.807) is 12.1 Å². The molecule has 25 heavy (non-hydrogen) atoms. The van der Waals surface area contributed by atoms with Crippen molar-refractivity contribution in [1.29, 1.82) is 0 Å². The van der Waals surface area contributed by atoms with E-state index in [9.17, 15) is 5.11 Å². The molecule has 0 aliphatic carbocycles. The molecule has 2 nitrogen and oxygen atoms in total. The molecule has 3 rings (SSSR count). The van der Waals surface area contributed by atoms with Crippen molar-refractivity contribution in [2.75, 3.05) is 0 Å². The highest BCUT2D eigenvalue weighted by molar-refractivity contribution is 5.42. The largest absolute Gasteiger partial charge is 0.508 e. The second-order valence-electron chi connectivity index (χ2n) is 6.53. The van der Waals surface area contributed by atoms with Crippen LogP contribution < -0.4 is 4.74 Å². The van der Waals surface area contributed by atoms with Gasteiger partial charge in [0, 0.05) is 5.41 Å². The molecule has 0 aliphatic rings. The third kappa shape index (κ3) is 3.85. The van der Waals surface area contributed by atoms with E-state index in [2.05, 4.69) is 38.1 Å². The van der Waals surface area contributed by atoms with Gasteiger partial charge in [0.05, 0.1) is 0 Å². The number of ether oxygens (including phenoxy) is 1. The fraction of sp³-hybridized carbons (Fsp3) is 0.217. The van der Waals surface area contributed by atoms with Gasteiger partial charge >= 0.3 is 0 Å². The highest BCUT2D eigenvalue weighted by Gasteiger charge is 2.26.